The van der Waals surface area contributed by atoms with Gasteiger partial charge >= 0.3 is 0 Å². The van der Waals surface area contributed by atoms with Gasteiger partial charge in [0.2, 0.25) is 5.91 Å². The molecule has 31 heavy (non-hydrogen) atoms. The molecular formula is C23H21F2N5O. The lowest BCUT2D eigenvalue weighted by Gasteiger charge is -2.40. The van der Waals surface area contributed by atoms with E-state index in [1.165, 1.54) is 6.08 Å². The van der Waals surface area contributed by atoms with E-state index in [2.05, 4.69) is 15.4 Å². The minimum Gasteiger partial charge on any atom is -0.359 e. The van der Waals surface area contributed by atoms with Crippen LogP contribution in [0, 0.1) is 0 Å². The van der Waals surface area contributed by atoms with Crippen molar-refractivity contribution in [3.63, 3.8) is 0 Å². The summed E-state index contributed by atoms with van der Waals surface area (Å²) in [4.78, 5) is 18.1. The molecule has 0 bridgehead atoms. The molecule has 1 amide bonds. The molecule has 0 unspecified atom stereocenters. The van der Waals surface area contributed by atoms with E-state index in [-0.39, 0.29) is 19.0 Å². The molecule has 5 rings (SSSR count). The lowest BCUT2D eigenvalue weighted by Crippen LogP contribution is -2.56. The van der Waals surface area contributed by atoms with Crippen molar-refractivity contribution in [3.05, 3.63) is 66.8 Å². The highest BCUT2D eigenvalue weighted by Crippen LogP contribution is 2.35. The maximum atomic E-state index is 13.0. The molecule has 3 aromatic rings. The standard InChI is InChI=1S/C23H21F2N5O/c24-23(25)14-29(15-23)19-4-2-18(3-5-19)28-22(31)8-1-16-11-26-10-9-21(16)17-12-27-30(13-17)20-6-7-20/h1-5,8-13,20H,6-7,14-15H2,(H,28,31). The summed E-state index contributed by atoms with van der Waals surface area (Å²) < 4.78 is 28.0. The van der Waals surface area contributed by atoms with Gasteiger partial charge in [-0.05, 0) is 54.8 Å². The number of hydrogen-bond acceptors (Lipinski definition) is 4. The van der Waals surface area contributed by atoms with Crippen molar-refractivity contribution in [2.24, 2.45) is 0 Å². The minimum absolute atomic E-state index is 0.269. The van der Waals surface area contributed by atoms with E-state index < -0.39 is 5.92 Å². The fourth-order valence-corrected chi connectivity index (χ4v) is 3.62. The Morgan fingerprint density at radius 2 is 1.90 bits per heavy atom. The first-order chi connectivity index (χ1) is 15.0. The molecule has 1 aromatic carbocycles. The molecule has 1 saturated carbocycles. The molecule has 0 atom stereocenters. The average molecular weight is 421 g/mol. The SMILES string of the molecule is O=C(C=Cc1cnccc1-c1cnn(C2CC2)c1)Nc1ccc(N2CC(F)(F)C2)cc1. The number of hydrogen-bond donors (Lipinski definition) is 1. The fourth-order valence-electron chi connectivity index (χ4n) is 3.62. The molecular weight excluding hydrogens is 400 g/mol. The van der Waals surface area contributed by atoms with E-state index >= 15 is 0 Å². The van der Waals surface area contributed by atoms with Gasteiger partial charge in [-0.15, -0.1) is 0 Å². The van der Waals surface area contributed by atoms with Crippen LogP contribution in [0.4, 0.5) is 20.2 Å². The topological polar surface area (TPSA) is 63.1 Å². The number of carbonyl (C=O) groups is 1. The lowest BCUT2D eigenvalue weighted by atomic mass is 10.0. The summed E-state index contributed by atoms with van der Waals surface area (Å²) >= 11 is 0. The van der Waals surface area contributed by atoms with E-state index in [4.69, 9.17) is 0 Å². The number of pyridine rings is 1. The number of anilines is 2. The highest BCUT2D eigenvalue weighted by atomic mass is 19.3. The van der Waals surface area contributed by atoms with Crippen LogP contribution in [0.1, 0.15) is 24.4 Å². The molecule has 8 heteroatoms. The second-order valence-corrected chi connectivity index (χ2v) is 7.98. The van der Waals surface area contributed by atoms with E-state index in [1.807, 2.05) is 23.1 Å². The molecule has 0 spiro atoms. The maximum absolute atomic E-state index is 13.0. The number of halogens is 2. The van der Waals surface area contributed by atoms with Crippen molar-refractivity contribution < 1.29 is 13.6 Å². The predicted octanol–water partition coefficient (Wildman–Crippen LogP) is 4.39. The van der Waals surface area contributed by atoms with E-state index in [1.54, 1.807) is 47.6 Å². The number of amides is 1. The first-order valence-electron chi connectivity index (χ1n) is 10.2. The van der Waals surface area contributed by atoms with Crippen molar-refractivity contribution in [2.45, 2.75) is 24.8 Å². The molecule has 1 aliphatic carbocycles. The lowest BCUT2D eigenvalue weighted by molar-refractivity contribution is -0.111. The van der Waals surface area contributed by atoms with Crippen LogP contribution in [0.3, 0.4) is 0 Å². The normalized spacial score (nSPS) is 17.5. The summed E-state index contributed by atoms with van der Waals surface area (Å²) in [6.07, 6.45) is 12.8. The van der Waals surface area contributed by atoms with Gasteiger partial charge in [0.25, 0.3) is 5.92 Å². The van der Waals surface area contributed by atoms with Gasteiger partial charge in [0.05, 0.1) is 25.3 Å². The summed E-state index contributed by atoms with van der Waals surface area (Å²) in [5, 5.41) is 7.22. The Labute approximate surface area is 178 Å². The summed E-state index contributed by atoms with van der Waals surface area (Å²) in [6, 6.07) is 9.28. The van der Waals surface area contributed by atoms with Gasteiger partial charge in [-0.1, -0.05) is 0 Å². The zero-order valence-electron chi connectivity index (χ0n) is 16.7. The molecule has 1 N–H and O–H groups in total. The van der Waals surface area contributed by atoms with Crippen LogP contribution >= 0.6 is 0 Å². The Bertz CT molecular complexity index is 1130. The summed E-state index contributed by atoms with van der Waals surface area (Å²) in [7, 11) is 0. The van der Waals surface area contributed by atoms with Gasteiger partial charge in [-0.2, -0.15) is 5.10 Å². The summed E-state index contributed by atoms with van der Waals surface area (Å²) in [5.41, 5.74) is 4.08. The fraction of sp³-hybridized carbons (Fsp3) is 0.261. The minimum atomic E-state index is -2.61. The van der Waals surface area contributed by atoms with Crippen LogP contribution < -0.4 is 10.2 Å². The van der Waals surface area contributed by atoms with Crippen molar-refractivity contribution in [1.82, 2.24) is 14.8 Å². The number of benzene rings is 1. The number of nitrogens with zero attached hydrogens (tertiary/aromatic N) is 4. The third-order valence-electron chi connectivity index (χ3n) is 5.44. The van der Waals surface area contributed by atoms with E-state index in [0.717, 1.165) is 29.5 Å². The van der Waals surface area contributed by atoms with Crippen LogP contribution in [0.25, 0.3) is 17.2 Å². The number of nitrogens with one attached hydrogen (secondary N) is 1. The zero-order chi connectivity index (χ0) is 21.4. The number of rotatable bonds is 6. The molecule has 2 aromatic heterocycles. The van der Waals surface area contributed by atoms with Crippen molar-refractivity contribution in [3.8, 4) is 11.1 Å². The van der Waals surface area contributed by atoms with E-state index in [0.29, 0.717) is 17.4 Å². The largest absolute Gasteiger partial charge is 0.359 e. The van der Waals surface area contributed by atoms with Gasteiger partial charge in [-0.3, -0.25) is 14.5 Å². The van der Waals surface area contributed by atoms with Crippen molar-refractivity contribution in [2.75, 3.05) is 23.3 Å². The van der Waals surface area contributed by atoms with Gasteiger partial charge in [0.1, 0.15) is 0 Å². The predicted molar refractivity (Wildman–Crippen MR) is 115 cm³/mol. The van der Waals surface area contributed by atoms with Crippen LogP contribution in [-0.4, -0.2) is 39.7 Å². The molecule has 6 nitrogen and oxygen atoms in total. The van der Waals surface area contributed by atoms with Crippen molar-refractivity contribution >= 4 is 23.4 Å². The summed E-state index contributed by atoms with van der Waals surface area (Å²) in [5.74, 6) is -2.90. The average Bonchev–Trinajstić information content (AvgIpc) is 3.48. The van der Waals surface area contributed by atoms with E-state index in [9.17, 15) is 13.6 Å². The molecule has 158 valence electrons. The molecule has 3 heterocycles. The Hall–Kier alpha value is -3.55. The monoisotopic (exact) mass is 421 g/mol. The third kappa shape index (κ3) is 4.33. The van der Waals surface area contributed by atoms with Crippen molar-refractivity contribution in [1.29, 1.82) is 0 Å². The zero-order valence-corrected chi connectivity index (χ0v) is 16.7. The Morgan fingerprint density at radius 3 is 2.61 bits per heavy atom. The Morgan fingerprint density at radius 1 is 1.13 bits per heavy atom. The maximum Gasteiger partial charge on any atom is 0.282 e. The number of carbonyl (C=O) groups excluding carboxylic acids is 1. The van der Waals surface area contributed by atoms with Crippen LogP contribution in [0.5, 0.6) is 0 Å². The Balaban J connectivity index is 1.24. The Kier molecular flexibility index (Phi) is 4.77. The molecule has 1 aliphatic heterocycles. The molecule has 0 radical (unpaired) electrons. The highest BCUT2D eigenvalue weighted by molar-refractivity contribution is 6.02. The molecule has 1 saturated heterocycles. The second-order valence-electron chi connectivity index (χ2n) is 7.98. The summed E-state index contributed by atoms with van der Waals surface area (Å²) in [6.45, 7) is -0.539. The second kappa shape index (κ2) is 7.61. The smallest absolute Gasteiger partial charge is 0.282 e. The highest BCUT2D eigenvalue weighted by Gasteiger charge is 2.43. The van der Waals surface area contributed by atoms with Crippen LogP contribution in [0.2, 0.25) is 0 Å². The van der Waals surface area contributed by atoms with Gasteiger partial charge < -0.3 is 10.2 Å². The first kappa shape index (κ1) is 19.4. The quantitative estimate of drug-likeness (QED) is 0.600. The van der Waals surface area contributed by atoms with Gasteiger partial charge in [-0.25, -0.2) is 8.78 Å². The van der Waals surface area contributed by atoms with Crippen LogP contribution in [0.15, 0.2) is 61.2 Å². The number of aromatic nitrogens is 3. The molecule has 2 fully saturated rings. The van der Waals surface area contributed by atoms with Gasteiger partial charge in [0.15, 0.2) is 0 Å². The van der Waals surface area contributed by atoms with Crippen LogP contribution in [-0.2, 0) is 4.79 Å². The third-order valence-corrected chi connectivity index (χ3v) is 5.44. The molecule has 2 aliphatic rings. The number of alkyl halides is 2. The van der Waals surface area contributed by atoms with Gasteiger partial charge in [0, 0.05) is 47.2 Å². The first-order valence-corrected chi connectivity index (χ1v) is 10.2.